The Bertz CT molecular complexity index is 569. The number of nitrogens with one attached hydrogen (secondary N) is 1. The van der Waals surface area contributed by atoms with Gasteiger partial charge in [0.05, 0.1) is 12.1 Å². The third kappa shape index (κ3) is 3.29. The number of nitrogens with zero attached hydrogens (tertiary/aromatic N) is 2. The Kier molecular flexibility index (Phi) is 4.46. The smallest absolute Gasteiger partial charge is 0.360 e. The number of hydrogen-bond donors (Lipinski definition) is 1. The van der Waals surface area contributed by atoms with Gasteiger partial charge in [0.2, 0.25) is 0 Å². The van der Waals surface area contributed by atoms with E-state index in [9.17, 15) is 4.79 Å². The highest BCUT2D eigenvalue weighted by atomic mass is 32.1. The van der Waals surface area contributed by atoms with Gasteiger partial charge in [-0.2, -0.15) is 0 Å². The van der Waals surface area contributed by atoms with Gasteiger partial charge in [-0.1, -0.05) is 0 Å². The lowest BCUT2D eigenvalue weighted by Crippen LogP contribution is -2.09. The maximum absolute atomic E-state index is 11.7. The van der Waals surface area contributed by atoms with Gasteiger partial charge in [-0.3, -0.25) is 4.98 Å². The Balaban J connectivity index is 2.06. The Morgan fingerprint density at radius 1 is 1.53 bits per heavy atom. The number of carbonyl (C=O) groups excluding carboxylic acids is 1. The minimum atomic E-state index is -0.394. The molecular formula is C13H15N3O2S. The fraction of sp³-hybridized carbons (Fsp3) is 0.308. The van der Waals surface area contributed by atoms with E-state index >= 15 is 0 Å². The van der Waals surface area contributed by atoms with Crippen LogP contribution in [0.5, 0.6) is 0 Å². The molecular weight excluding hydrogens is 262 g/mol. The van der Waals surface area contributed by atoms with E-state index in [1.807, 2.05) is 19.2 Å². The van der Waals surface area contributed by atoms with E-state index in [0.29, 0.717) is 18.8 Å². The number of ether oxygens (including phenoxy) is 1. The second kappa shape index (κ2) is 6.29. The molecule has 2 aromatic heterocycles. The van der Waals surface area contributed by atoms with Crippen LogP contribution in [0.2, 0.25) is 0 Å². The Hall–Kier alpha value is -1.95. The third-order valence-corrected chi connectivity index (χ3v) is 3.41. The van der Waals surface area contributed by atoms with E-state index in [1.165, 1.54) is 11.3 Å². The monoisotopic (exact) mass is 277 g/mol. The van der Waals surface area contributed by atoms with Crippen LogP contribution >= 0.6 is 11.3 Å². The molecule has 5 nitrogen and oxygen atoms in total. The molecule has 2 rings (SSSR count). The van der Waals surface area contributed by atoms with Crippen molar-refractivity contribution in [3.05, 3.63) is 40.8 Å². The number of carbonyl (C=O) groups is 1. The molecule has 0 fully saturated rings. The summed E-state index contributed by atoms with van der Waals surface area (Å²) in [5, 5.41) is 3.93. The van der Waals surface area contributed by atoms with Gasteiger partial charge in [0, 0.05) is 18.9 Å². The summed E-state index contributed by atoms with van der Waals surface area (Å²) < 4.78 is 4.96. The molecule has 0 aromatic carbocycles. The van der Waals surface area contributed by atoms with Crippen LogP contribution in [0.3, 0.4) is 0 Å². The molecule has 0 aliphatic carbocycles. The Labute approximate surface area is 115 Å². The average molecular weight is 277 g/mol. The molecule has 0 saturated carbocycles. The lowest BCUT2D eigenvalue weighted by atomic mass is 10.1. The van der Waals surface area contributed by atoms with E-state index in [1.54, 1.807) is 18.6 Å². The number of pyridine rings is 1. The lowest BCUT2D eigenvalue weighted by molar-refractivity contribution is 0.0521. The standard InChI is InChI=1S/C13H15N3O2S/c1-3-18-13(17)11-12(19-8-16-11)15-7-10-6-14-5-4-9(10)2/h4-6,8,15H,3,7H2,1-2H3. The molecule has 0 spiro atoms. The van der Waals surface area contributed by atoms with E-state index < -0.39 is 5.97 Å². The van der Waals surface area contributed by atoms with Crippen LogP contribution in [-0.2, 0) is 11.3 Å². The number of esters is 1. The summed E-state index contributed by atoms with van der Waals surface area (Å²) in [6.45, 7) is 4.75. The predicted octanol–water partition coefficient (Wildman–Crippen LogP) is 2.64. The fourth-order valence-electron chi connectivity index (χ4n) is 1.57. The normalized spacial score (nSPS) is 10.2. The summed E-state index contributed by atoms with van der Waals surface area (Å²) >= 11 is 1.39. The Morgan fingerprint density at radius 2 is 2.37 bits per heavy atom. The van der Waals surface area contributed by atoms with Crippen molar-refractivity contribution in [2.75, 3.05) is 11.9 Å². The predicted molar refractivity (Wildman–Crippen MR) is 74.4 cm³/mol. The van der Waals surface area contributed by atoms with E-state index in [4.69, 9.17) is 4.74 Å². The molecule has 2 aromatic rings. The molecule has 19 heavy (non-hydrogen) atoms. The highest BCUT2D eigenvalue weighted by Crippen LogP contribution is 2.22. The number of hydrogen-bond acceptors (Lipinski definition) is 6. The highest BCUT2D eigenvalue weighted by Gasteiger charge is 2.15. The van der Waals surface area contributed by atoms with Crippen molar-refractivity contribution in [3.63, 3.8) is 0 Å². The van der Waals surface area contributed by atoms with Crippen molar-refractivity contribution < 1.29 is 9.53 Å². The fourth-order valence-corrected chi connectivity index (χ4v) is 2.24. The number of thiazole rings is 1. The molecule has 0 unspecified atom stereocenters. The van der Waals surface area contributed by atoms with Crippen molar-refractivity contribution >= 4 is 22.3 Å². The molecule has 0 amide bonds. The summed E-state index contributed by atoms with van der Waals surface area (Å²) in [7, 11) is 0. The molecule has 0 radical (unpaired) electrons. The van der Waals surface area contributed by atoms with Gasteiger partial charge in [0.25, 0.3) is 0 Å². The van der Waals surface area contributed by atoms with Crippen LogP contribution in [-0.4, -0.2) is 22.5 Å². The van der Waals surface area contributed by atoms with Crippen molar-refractivity contribution in [1.82, 2.24) is 9.97 Å². The summed E-state index contributed by atoms with van der Waals surface area (Å²) in [4.78, 5) is 19.8. The van der Waals surface area contributed by atoms with Crippen LogP contribution in [0, 0.1) is 6.92 Å². The first kappa shape index (κ1) is 13.5. The number of anilines is 1. The molecule has 100 valence electrons. The summed E-state index contributed by atoms with van der Waals surface area (Å²) in [5.41, 5.74) is 4.22. The summed E-state index contributed by atoms with van der Waals surface area (Å²) in [6.07, 6.45) is 3.57. The molecule has 0 saturated heterocycles. The largest absolute Gasteiger partial charge is 0.461 e. The van der Waals surface area contributed by atoms with Gasteiger partial charge < -0.3 is 10.1 Å². The first-order valence-corrected chi connectivity index (χ1v) is 6.84. The maximum atomic E-state index is 11.7. The topological polar surface area (TPSA) is 64.1 Å². The van der Waals surface area contributed by atoms with Gasteiger partial charge in [-0.05, 0) is 31.0 Å². The molecule has 0 aliphatic heterocycles. The minimum Gasteiger partial charge on any atom is -0.461 e. The summed E-state index contributed by atoms with van der Waals surface area (Å²) in [5.74, 6) is -0.394. The Morgan fingerprint density at radius 3 is 3.11 bits per heavy atom. The number of aromatic nitrogens is 2. The zero-order valence-corrected chi connectivity index (χ0v) is 11.7. The van der Waals surface area contributed by atoms with E-state index in [2.05, 4.69) is 15.3 Å². The van der Waals surface area contributed by atoms with Gasteiger partial charge in [0.15, 0.2) is 5.69 Å². The summed E-state index contributed by atoms with van der Waals surface area (Å²) in [6, 6.07) is 1.95. The van der Waals surface area contributed by atoms with Crippen LogP contribution in [0.1, 0.15) is 28.5 Å². The zero-order chi connectivity index (χ0) is 13.7. The first-order valence-electron chi connectivity index (χ1n) is 5.96. The van der Waals surface area contributed by atoms with Gasteiger partial charge in [-0.15, -0.1) is 11.3 Å². The van der Waals surface area contributed by atoms with Crippen LogP contribution < -0.4 is 5.32 Å². The van der Waals surface area contributed by atoms with Crippen LogP contribution in [0.15, 0.2) is 24.0 Å². The molecule has 2 heterocycles. The van der Waals surface area contributed by atoms with Crippen LogP contribution in [0.4, 0.5) is 5.00 Å². The van der Waals surface area contributed by atoms with E-state index in [-0.39, 0.29) is 0 Å². The molecule has 6 heteroatoms. The van der Waals surface area contributed by atoms with Gasteiger partial charge >= 0.3 is 5.97 Å². The van der Waals surface area contributed by atoms with E-state index in [0.717, 1.165) is 16.1 Å². The molecule has 0 bridgehead atoms. The number of aryl methyl sites for hydroxylation is 1. The van der Waals surface area contributed by atoms with Crippen molar-refractivity contribution in [1.29, 1.82) is 0 Å². The SMILES string of the molecule is CCOC(=O)c1ncsc1NCc1cnccc1C. The third-order valence-electron chi connectivity index (χ3n) is 2.62. The first-order chi connectivity index (χ1) is 9.22. The maximum Gasteiger partial charge on any atom is 0.360 e. The quantitative estimate of drug-likeness (QED) is 0.851. The van der Waals surface area contributed by atoms with Gasteiger partial charge in [-0.25, -0.2) is 9.78 Å². The van der Waals surface area contributed by atoms with Crippen molar-refractivity contribution in [2.45, 2.75) is 20.4 Å². The molecule has 0 atom stereocenters. The van der Waals surface area contributed by atoms with Crippen molar-refractivity contribution in [3.8, 4) is 0 Å². The highest BCUT2D eigenvalue weighted by molar-refractivity contribution is 7.14. The lowest BCUT2D eigenvalue weighted by Gasteiger charge is -2.07. The zero-order valence-electron chi connectivity index (χ0n) is 10.8. The molecule has 1 N–H and O–H groups in total. The van der Waals surface area contributed by atoms with Gasteiger partial charge in [0.1, 0.15) is 5.00 Å². The van der Waals surface area contributed by atoms with Crippen molar-refractivity contribution in [2.24, 2.45) is 0 Å². The minimum absolute atomic E-state index is 0.341. The second-order valence-electron chi connectivity index (χ2n) is 3.91. The van der Waals surface area contributed by atoms with Crippen LogP contribution in [0.25, 0.3) is 0 Å². The molecule has 0 aliphatic rings. The average Bonchev–Trinajstić information content (AvgIpc) is 2.86. The second-order valence-corrected chi connectivity index (χ2v) is 4.76. The number of rotatable bonds is 5.